The first-order valence-electron chi connectivity index (χ1n) is 12.6. The molecular formula is C32H36Cl2Zr. The second kappa shape index (κ2) is 15.0. The van der Waals surface area contributed by atoms with E-state index in [0.29, 0.717) is 0 Å². The predicted molar refractivity (Wildman–Crippen MR) is 152 cm³/mol. The minimum Gasteiger partial charge on any atom is -0.148 e. The van der Waals surface area contributed by atoms with Crippen molar-refractivity contribution in [2.45, 2.75) is 64.2 Å². The van der Waals surface area contributed by atoms with Crippen LogP contribution in [0.25, 0.3) is 22.3 Å². The summed E-state index contributed by atoms with van der Waals surface area (Å²) < 4.78 is 0. The molecule has 0 fully saturated rings. The number of fused-ring (bicyclic) bond motifs is 2. The summed E-state index contributed by atoms with van der Waals surface area (Å²) in [5, 5.41) is 0. The van der Waals surface area contributed by atoms with Crippen LogP contribution in [-0.4, -0.2) is 0 Å². The van der Waals surface area contributed by atoms with Crippen LogP contribution in [0.5, 0.6) is 0 Å². The Morgan fingerprint density at radius 1 is 0.429 bits per heavy atom. The van der Waals surface area contributed by atoms with Crippen LogP contribution in [-0.2, 0) is 51.9 Å². The monoisotopic (exact) mass is 580 g/mol. The summed E-state index contributed by atoms with van der Waals surface area (Å²) >= 11 is 0. The van der Waals surface area contributed by atoms with E-state index in [1.807, 2.05) is 0 Å². The molecular weight excluding hydrogens is 546 g/mol. The van der Waals surface area contributed by atoms with E-state index in [2.05, 4.69) is 84.9 Å². The summed E-state index contributed by atoms with van der Waals surface area (Å²) in [5.41, 5.74) is 12.1. The van der Waals surface area contributed by atoms with Gasteiger partial charge in [0.15, 0.2) is 0 Å². The van der Waals surface area contributed by atoms with Crippen molar-refractivity contribution in [3.63, 3.8) is 0 Å². The van der Waals surface area contributed by atoms with Gasteiger partial charge in [-0.25, -0.2) is 0 Å². The Labute approximate surface area is 243 Å². The number of benzene rings is 2. The third kappa shape index (κ3) is 7.32. The third-order valence-electron chi connectivity index (χ3n) is 7.24. The molecule has 0 unspecified atom stereocenters. The molecule has 35 heavy (non-hydrogen) atoms. The van der Waals surface area contributed by atoms with Crippen LogP contribution in [0.4, 0.5) is 0 Å². The Balaban J connectivity index is 0.000000227. The number of aryl methyl sites for hydroxylation is 2. The van der Waals surface area contributed by atoms with E-state index >= 15 is 0 Å². The molecule has 3 heteroatoms. The van der Waals surface area contributed by atoms with Gasteiger partial charge >= 0.3 is 26.2 Å². The van der Waals surface area contributed by atoms with Crippen LogP contribution in [0.3, 0.4) is 0 Å². The minimum absolute atomic E-state index is 0. The van der Waals surface area contributed by atoms with Gasteiger partial charge in [0.05, 0.1) is 0 Å². The fourth-order valence-electron chi connectivity index (χ4n) is 5.54. The van der Waals surface area contributed by atoms with Crippen LogP contribution < -0.4 is 0 Å². The zero-order chi connectivity index (χ0) is 21.6. The van der Waals surface area contributed by atoms with Crippen LogP contribution in [0.2, 0.25) is 0 Å². The Morgan fingerprint density at radius 3 is 1.20 bits per heavy atom. The molecule has 0 aliphatic heterocycles. The summed E-state index contributed by atoms with van der Waals surface area (Å²) in [5.74, 6) is 0. The van der Waals surface area contributed by atoms with Crippen molar-refractivity contribution in [3.8, 4) is 22.3 Å². The van der Waals surface area contributed by atoms with Crippen molar-refractivity contribution >= 4 is 24.8 Å². The molecule has 0 heterocycles. The minimum atomic E-state index is 0. The van der Waals surface area contributed by atoms with Crippen molar-refractivity contribution in [2.24, 2.45) is 0 Å². The standard InChI is InChI=1S/2C16H17.2ClH.Zr/c2*1-3-7-13(8-4-1)16-12-11-14-9-5-2-6-10-15(14)16;;;/h2*1,3-4,7-8,11-12H,2,5-6,9-10H2;2*1H;/q2*-1;;;+2. The smallest absolute Gasteiger partial charge is 0.148 e. The summed E-state index contributed by atoms with van der Waals surface area (Å²) in [6.45, 7) is 0. The normalized spacial score (nSPS) is 14.2. The van der Waals surface area contributed by atoms with Crippen LogP contribution >= 0.6 is 24.8 Å². The first-order chi connectivity index (χ1) is 15.9. The average Bonchev–Trinajstić information content (AvgIpc) is 3.26. The molecule has 0 N–H and O–H groups in total. The molecule has 0 atom stereocenters. The van der Waals surface area contributed by atoms with E-state index in [0.717, 1.165) is 0 Å². The zero-order valence-corrected chi connectivity index (χ0v) is 24.6. The molecule has 4 aromatic rings. The Hall–Kier alpha value is -1.40. The second-order valence-electron chi connectivity index (χ2n) is 9.35. The molecule has 2 aliphatic rings. The second-order valence-corrected chi connectivity index (χ2v) is 9.35. The van der Waals surface area contributed by atoms with Gasteiger partial charge in [0.25, 0.3) is 0 Å². The molecule has 0 nitrogen and oxygen atoms in total. The molecule has 0 saturated heterocycles. The molecule has 0 spiro atoms. The molecule has 4 aromatic carbocycles. The van der Waals surface area contributed by atoms with E-state index in [4.69, 9.17) is 0 Å². The number of halogens is 2. The molecule has 0 aromatic heterocycles. The number of hydrogen-bond acceptors (Lipinski definition) is 0. The first-order valence-corrected chi connectivity index (χ1v) is 12.6. The van der Waals surface area contributed by atoms with E-state index < -0.39 is 0 Å². The number of hydrogen-bond donors (Lipinski definition) is 0. The van der Waals surface area contributed by atoms with E-state index in [9.17, 15) is 0 Å². The molecule has 182 valence electrons. The van der Waals surface area contributed by atoms with Crippen molar-refractivity contribution in [3.05, 3.63) is 107 Å². The topological polar surface area (TPSA) is 0 Å². The average molecular weight is 583 g/mol. The summed E-state index contributed by atoms with van der Waals surface area (Å²) in [6.07, 6.45) is 13.3. The SMILES string of the molecule is Cl.Cl.[Zr+2].c1ccc(-[c-]2ccc3c2CCCCC3)cc1.c1ccc(-[c-]2ccc3c2CCCCC3)cc1. The molecule has 0 bridgehead atoms. The third-order valence-corrected chi connectivity index (χ3v) is 7.24. The van der Waals surface area contributed by atoms with Crippen molar-refractivity contribution in [1.82, 2.24) is 0 Å². The van der Waals surface area contributed by atoms with E-state index in [1.54, 1.807) is 22.3 Å². The summed E-state index contributed by atoms with van der Waals surface area (Å²) in [6, 6.07) is 30.9. The molecule has 0 saturated carbocycles. The van der Waals surface area contributed by atoms with Gasteiger partial charge in [0.1, 0.15) is 0 Å². The van der Waals surface area contributed by atoms with Crippen molar-refractivity contribution in [2.75, 3.05) is 0 Å². The van der Waals surface area contributed by atoms with Gasteiger partial charge in [0.2, 0.25) is 0 Å². The van der Waals surface area contributed by atoms with Gasteiger partial charge in [-0.3, -0.25) is 0 Å². The van der Waals surface area contributed by atoms with Gasteiger partial charge in [-0.1, -0.05) is 98.9 Å². The molecule has 2 aliphatic carbocycles. The Kier molecular flexibility index (Phi) is 12.8. The fraction of sp³-hybridized carbons (Fsp3) is 0.312. The number of rotatable bonds is 2. The zero-order valence-electron chi connectivity index (χ0n) is 20.5. The maximum absolute atomic E-state index is 2.34. The molecule has 6 rings (SSSR count). The van der Waals surface area contributed by atoms with E-state index in [1.165, 1.54) is 86.5 Å². The molecule has 0 radical (unpaired) electrons. The fourth-order valence-corrected chi connectivity index (χ4v) is 5.54. The van der Waals surface area contributed by atoms with Crippen LogP contribution in [0.15, 0.2) is 84.9 Å². The van der Waals surface area contributed by atoms with E-state index in [-0.39, 0.29) is 51.0 Å². The van der Waals surface area contributed by atoms with Crippen LogP contribution in [0, 0.1) is 0 Å². The van der Waals surface area contributed by atoms with Gasteiger partial charge < -0.3 is 0 Å². The first kappa shape index (κ1) is 29.8. The maximum atomic E-state index is 2.34. The Morgan fingerprint density at radius 2 is 0.800 bits per heavy atom. The van der Waals surface area contributed by atoms with Gasteiger partial charge in [-0.05, 0) is 12.8 Å². The maximum Gasteiger partial charge on any atom is 2.00 e. The summed E-state index contributed by atoms with van der Waals surface area (Å²) in [4.78, 5) is 0. The van der Waals surface area contributed by atoms with Crippen LogP contribution in [0.1, 0.15) is 60.8 Å². The Bertz CT molecular complexity index is 1030. The van der Waals surface area contributed by atoms with Crippen molar-refractivity contribution in [1.29, 1.82) is 0 Å². The molecule has 0 amide bonds. The largest absolute Gasteiger partial charge is 2.00 e. The van der Waals surface area contributed by atoms with Crippen molar-refractivity contribution < 1.29 is 26.2 Å². The predicted octanol–water partition coefficient (Wildman–Crippen LogP) is 9.52. The van der Waals surface area contributed by atoms with Gasteiger partial charge in [-0.2, -0.15) is 0 Å². The van der Waals surface area contributed by atoms with Gasteiger partial charge in [0, 0.05) is 0 Å². The van der Waals surface area contributed by atoms with Gasteiger partial charge in [-0.15, -0.1) is 107 Å². The quantitative estimate of drug-likeness (QED) is 0.163. The summed E-state index contributed by atoms with van der Waals surface area (Å²) in [7, 11) is 0.